The zero-order chi connectivity index (χ0) is 15.7. The number of hydrogen-bond donors (Lipinski definition) is 2. The molecule has 1 atom stereocenters. The molecule has 0 aromatic carbocycles. The number of aliphatic hydroxyl groups is 2. The minimum atomic E-state index is -0.845. The number of nitrogens with zero attached hydrogens (tertiary/aromatic N) is 1. The van der Waals surface area contributed by atoms with E-state index < -0.39 is 16.6 Å². The Balaban J connectivity index is 2.13. The van der Waals surface area contributed by atoms with E-state index in [9.17, 15) is 15.0 Å². The molecule has 1 aliphatic carbocycles. The summed E-state index contributed by atoms with van der Waals surface area (Å²) in [6.07, 6.45) is 4.63. The van der Waals surface area contributed by atoms with Crippen molar-refractivity contribution < 1.29 is 19.7 Å². The Morgan fingerprint density at radius 1 is 1.19 bits per heavy atom. The zero-order valence-electron chi connectivity index (χ0n) is 13.5. The van der Waals surface area contributed by atoms with Gasteiger partial charge >= 0.3 is 6.09 Å². The van der Waals surface area contributed by atoms with E-state index in [-0.39, 0.29) is 12.7 Å². The number of carbonyl (C=O) groups is 1. The highest BCUT2D eigenvalue weighted by atomic mass is 16.6. The second-order valence-electron chi connectivity index (χ2n) is 7.68. The van der Waals surface area contributed by atoms with Crippen LogP contribution in [0.15, 0.2) is 0 Å². The maximum atomic E-state index is 12.3. The van der Waals surface area contributed by atoms with E-state index in [2.05, 4.69) is 0 Å². The van der Waals surface area contributed by atoms with E-state index in [1.165, 1.54) is 0 Å². The lowest BCUT2D eigenvalue weighted by molar-refractivity contribution is -0.134. The van der Waals surface area contributed by atoms with Crippen molar-refractivity contribution in [3.05, 3.63) is 0 Å². The summed E-state index contributed by atoms with van der Waals surface area (Å²) in [5, 5.41) is 20.9. The number of likely N-dealkylation sites (tertiary alicyclic amines) is 1. The van der Waals surface area contributed by atoms with Gasteiger partial charge in [-0.25, -0.2) is 4.79 Å². The molecule has 21 heavy (non-hydrogen) atoms. The highest BCUT2D eigenvalue weighted by molar-refractivity contribution is 5.68. The summed E-state index contributed by atoms with van der Waals surface area (Å²) in [4.78, 5) is 13.9. The lowest BCUT2D eigenvalue weighted by Crippen LogP contribution is -2.59. The summed E-state index contributed by atoms with van der Waals surface area (Å²) >= 11 is 0. The van der Waals surface area contributed by atoms with Crippen molar-refractivity contribution >= 4 is 6.09 Å². The molecule has 5 heteroatoms. The first-order valence-corrected chi connectivity index (χ1v) is 8.03. The molecule has 1 heterocycles. The maximum Gasteiger partial charge on any atom is 0.410 e. The molecule has 1 saturated carbocycles. The standard InChI is InChI=1S/C16H29NO4/c1-14(2,3)21-13(19)17-10-6-7-15(11-17,12-18)16(20)8-4-5-9-16/h18,20H,4-12H2,1-3H3. The molecule has 0 spiro atoms. The van der Waals surface area contributed by atoms with Gasteiger partial charge in [0.05, 0.1) is 12.2 Å². The molecule has 0 bridgehead atoms. The fourth-order valence-electron chi connectivity index (χ4n) is 3.76. The number of carbonyl (C=O) groups excluding carboxylic acids is 1. The van der Waals surface area contributed by atoms with Crippen LogP contribution in [0.1, 0.15) is 59.3 Å². The van der Waals surface area contributed by atoms with Crippen molar-refractivity contribution in [2.75, 3.05) is 19.7 Å². The minimum absolute atomic E-state index is 0.0806. The van der Waals surface area contributed by atoms with Crippen LogP contribution in [-0.4, -0.2) is 52.1 Å². The highest BCUT2D eigenvalue weighted by Crippen LogP contribution is 2.48. The smallest absolute Gasteiger partial charge is 0.410 e. The average molecular weight is 299 g/mol. The van der Waals surface area contributed by atoms with E-state index in [4.69, 9.17) is 4.74 Å². The number of piperidine rings is 1. The quantitative estimate of drug-likeness (QED) is 0.821. The molecule has 2 rings (SSSR count). The Morgan fingerprint density at radius 2 is 1.81 bits per heavy atom. The molecule has 1 saturated heterocycles. The van der Waals surface area contributed by atoms with Gasteiger partial charge in [0.1, 0.15) is 5.60 Å². The SMILES string of the molecule is CC(C)(C)OC(=O)N1CCCC(CO)(C2(O)CCCC2)C1. The van der Waals surface area contributed by atoms with Gasteiger partial charge in [-0.3, -0.25) is 0 Å². The van der Waals surface area contributed by atoms with Crippen LogP contribution in [0.25, 0.3) is 0 Å². The Hall–Kier alpha value is -0.810. The topological polar surface area (TPSA) is 70.0 Å². The van der Waals surface area contributed by atoms with Crippen LogP contribution in [0.5, 0.6) is 0 Å². The molecular weight excluding hydrogens is 270 g/mol. The third-order valence-corrected chi connectivity index (χ3v) is 4.95. The van der Waals surface area contributed by atoms with Crippen molar-refractivity contribution in [2.24, 2.45) is 5.41 Å². The van der Waals surface area contributed by atoms with Crippen LogP contribution < -0.4 is 0 Å². The molecule has 1 amide bonds. The zero-order valence-corrected chi connectivity index (χ0v) is 13.5. The normalized spacial score (nSPS) is 29.5. The lowest BCUT2D eigenvalue weighted by Gasteiger charge is -2.50. The van der Waals surface area contributed by atoms with Gasteiger partial charge < -0.3 is 19.8 Å². The van der Waals surface area contributed by atoms with E-state index in [0.29, 0.717) is 13.1 Å². The van der Waals surface area contributed by atoms with Crippen LogP contribution in [0, 0.1) is 5.41 Å². The minimum Gasteiger partial charge on any atom is -0.444 e. The summed E-state index contributed by atoms with van der Waals surface area (Å²) in [6, 6.07) is 0. The van der Waals surface area contributed by atoms with Gasteiger partial charge in [0.15, 0.2) is 0 Å². The van der Waals surface area contributed by atoms with Crippen molar-refractivity contribution in [2.45, 2.75) is 70.5 Å². The van der Waals surface area contributed by atoms with E-state index >= 15 is 0 Å². The summed E-state index contributed by atoms with van der Waals surface area (Å²) in [6.45, 7) is 6.47. The Kier molecular flexibility index (Phi) is 4.54. The molecule has 0 aromatic rings. The number of amides is 1. The average Bonchev–Trinajstić information content (AvgIpc) is 2.85. The van der Waals surface area contributed by atoms with E-state index in [0.717, 1.165) is 38.5 Å². The number of hydrogen-bond acceptors (Lipinski definition) is 4. The third-order valence-electron chi connectivity index (χ3n) is 4.95. The molecular formula is C16H29NO4. The Bertz CT molecular complexity index is 384. The summed E-state index contributed by atoms with van der Waals surface area (Å²) < 4.78 is 5.43. The van der Waals surface area contributed by atoms with Gasteiger partial charge in [-0.15, -0.1) is 0 Å². The summed E-state index contributed by atoms with van der Waals surface area (Å²) in [5.74, 6) is 0. The number of aliphatic hydroxyl groups excluding tert-OH is 1. The van der Waals surface area contributed by atoms with E-state index in [1.807, 2.05) is 20.8 Å². The molecule has 2 fully saturated rings. The van der Waals surface area contributed by atoms with Crippen LogP contribution in [0.4, 0.5) is 4.79 Å². The third kappa shape index (κ3) is 3.34. The molecule has 0 radical (unpaired) electrons. The second kappa shape index (κ2) is 5.76. The maximum absolute atomic E-state index is 12.3. The van der Waals surface area contributed by atoms with Gasteiger partial charge in [-0.1, -0.05) is 12.8 Å². The van der Waals surface area contributed by atoms with E-state index in [1.54, 1.807) is 4.90 Å². The number of rotatable bonds is 2. The van der Waals surface area contributed by atoms with Crippen LogP contribution in [-0.2, 0) is 4.74 Å². The van der Waals surface area contributed by atoms with Gasteiger partial charge in [-0.2, -0.15) is 0 Å². The summed E-state index contributed by atoms with van der Waals surface area (Å²) in [5.41, 5.74) is -1.97. The Labute approximate surface area is 127 Å². The lowest BCUT2D eigenvalue weighted by atomic mass is 9.66. The van der Waals surface area contributed by atoms with Gasteiger partial charge in [0, 0.05) is 18.5 Å². The first-order valence-electron chi connectivity index (χ1n) is 8.03. The first kappa shape index (κ1) is 16.6. The molecule has 1 unspecified atom stereocenters. The fraction of sp³-hybridized carbons (Fsp3) is 0.938. The van der Waals surface area contributed by atoms with Crippen LogP contribution in [0.2, 0.25) is 0 Å². The monoisotopic (exact) mass is 299 g/mol. The van der Waals surface area contributed by atoms with Crippen LogP contribution >= 0.6 is 0 Å². The molecule has 0 aromatic heterocycles. The van der Waals surface area contributed by atoms with Crippen molar-refractivity contribution in [3.63, 3.8) is 0 Å². The largest absolute Gasteiger partial charge is 0.444 e. The summed E-state index contributed by atoms with van der Waals surface area (Å²) in [7, 11) is 0. The highest BCUT2D eigenvalue weighted by Gasteiger charge is 2.53. The van der Waals surface area contributed by atoms with Gasteiger partial charge in [0.25, 0.3) is 0 Å². The molecule has 1 aliphatic heterocycles. The number of ether oxygens (including phenoxy) is 1. The van der Waals surface area contributed by atoms with Crippen LogP contribution in [0.3, 0.4) is 0 Å². The fourth-order valence-corrected chi connectivity index (χ4v) is 3.76. The van der Waals surface area contributed by atoms with Crippen molar-refractivity contribution in [1.82, 2.24) is 4.90 Å². The van der Waals surface area contributed by atoms with Gasteiger partial charge in [-0.05, 0) is 46.5 Å². The van der Waals surface area contributed by atoms with Crippen molar-refractivity contribution in [1.29, 1.82) is 0 Å². The first-order chi connectivity index (χ1) is 9.71. The second-order valence-corrected chi connectivity index (χ2v) is 7.68. The predicted octanol–water partition coefficient (Wildman–Crippen LogP) is 2.30. The molecule has 5 nitrogen and oxygen atoms in total. The molecule has 122 valence electrons. The van der Waals surface area contributed by atoms with Gasteiger partial charge in [0.2, 0.25) is 0 Å². The van der Waals surface area contributed by atoms with Crippen molar-refractivity contribution in [3.8, 4) is 0 Å². The molecule has 2 N–H and O–H groups in total. The predicted molar refractivity (Wildman–Crippen MR) is 80.0 cm³/mol. The Morgan fingerprint density at radius 3 is 2.33 bits per heavy atom. The molecule has 2 aliphatic rings.